The van der Waals surface area contributed by atoms with E-state index in [0.29, 0.717) is 18.8 Å². The highest BCUT2D eigenvalue weighted by atomic mass is 16.4. The standard InChI is InChI=1S/C13H23NO3/c1-4-8(2)9(3)14-12(15)10-6-5-7-11(10)13(16)17/h8-11H,4-7H2,1-3H3,(H,14,15)(H,16,17). The molecule has 0 spiro atoms. The highest BCUT2D eigenvalue weighted by Crippen LogP contribution is 2.32. The van der Waals surface area contributed by atoms with Crippen LogP contribution in [-0.4, -0.2) is 23.0 Å². The Hall–Kier alpha value is -1.06. The number of carbonyl (C=O) groups excluding carboxylic acids is 1. The van der Waals surface area contributed by atoms with Crippen LogP contribution in [-0.2, 0) is 9.59 Å². The zero-order valence-corrected chi connectivity index (χ0v) is 10.9. The van der Waals surface area contributed by atoms with Crippen LogP contribution in [0.25, 0.3) is 0 Å². The van der Waals surface area contributed by atoms with E-state index in [-0.39, 0.29) is 17.9 Å². The number of nitrogens with one attached hydrogen (secondary N) is 1. The minimum atomic E-state index is -0.834. The van der Waals surface area contributed by atoms with E-state index in [1.54, 1.807) is 0 Å². The third kappa shape index (κ3) is 3.45. The number of aliphatic carboxylic acids is 1. The van der Waals surface area contributed by atoms with Gasteiger partial charge in [0.05, 0.1) is 11.8 Å². The SMILES string of the molecule is CCC(C)C(C)NC(=O)C1CCCC1C(=O)O. The van der Waals surface area contributed by atoms with Gasteiger partial charge in [0.1, 0.15) is 0 Å². The van der Waals surface area contributed by atoms with Gasteiger partial charge in [-0.3, -0.25) is 9.59 Å². The quantitative estimate of drug-likeness (QED) is 0.774. The summed E-state index contributed by atoms with van der Waals surface area (Å²) in [5.74, 6) is -1.32. The van der Waals surface area contributed by atoms with Crippen LogP contribution >= 0.6 is 0 Å². The van der Waals surface area contributed by atoms with Crippen LogP contribution in [0.3, 0.4) is 0 Å². The number of rotatable bonds is 5. The van der Waals surface area contributed by atoms with Crippen molar-refractivity contribution in [3.05, 3.63) is 0 Å². The average molecular weight is 241 g/mol. The number of hydrogen-bond donors (Lipinski definition) is 2. The molecule has 1 amide bonds. The van der Waals surface area contributed by atoms with E-state index >= 15 is 0 Å². The van der Waals surface area contributed by atoms with Crippen LogP contribution < -0.4 is 5.32 Å². The number of hydrogen-bond acceptors (Lipinski definition) is 2. The first kappa shape index (κ1) is 14.0. The van der Waals surface area contributed by atoms with E-state index in [4.69, 9.17) is 5.11 Å². The number of carboxylic acid groups (broad SMARTS) is 1. The maximum absolute atomic E-state index is 12.0. The zero-order valence-electron chi connectivity index (χ0n) is 10.9. The summed E-state index contributed by atoms with van der Waals surface area (Å²) in [6.07, 6.45) is 3.18. The van der Waals surface area contributed by atoms with Crippen molar-refractivity contribution in [3.8, 4) is 0 Å². The van der Waals surface area contributed by atoms with E-state index in [2.05, 4.69) is 19.2 Å². The van der Waals surface area contributed by atoms with Crippen LogP contribution in [0.2, 0.25) is 0 Å². The normalized spacial score (nSPS) is 27.5. The molecule has 4 nitrogen and oxygen atoms in total. The van der Waals surface area contributed by atoms with Crippen LogP contribution in [0, 0.1) is 17.8 Å². The number of amides is 1. The first-order chi connectivity index (χ1) is 7.97. The molecule has 1 fully saturated rings. The predicted octanol–water partition coefficient (Wildman–Crippen LogP) is 2.04. The molecule has 0 aromatic carbocycles. The number of carbonyl (C=O) groups is 2. The van der Waals surface area contributed by atoms with Gasteiger partial charge in [-0.1, -0.05) is 26.7 Å². The lowest BCUT2D eigenvalue weighted by atomic mass is 9.94. The van der Waals surface area contributed by atoms with E-state index in [9.17, 15) is 9.59 Å². The first-order valence-electron chi connectivity index (χ1n) is 6.50. The molecule has 2 N–H and O–H groups in total. The third-order valence-electron chi connectivity index (χ3n) is 4.04. The van der Waals surface area contributed by atoms with Crippen molar-refractivity contribution in [2.24, 2.45) is 17.8 Å². The summed E-state index contributed by atoms with van der Waals surface area (Å²) < 4.78 is 0. The predicted molar refractivity (Wildman–Crippen MR) is 65.5 cm³/mol. The monoisotopic (exact) mass is 241 g/mol. The van der Waals surface area contributed by atoms with Gasteiger partial charge < -0.3 is 10.4 Å². The summed E-state index contributed by atoms with van der Waals surface area (Å²) in [6, 6.07) is 0.113. The van der Waals surface area contributed by atoms with Crippen molar-refractivity contribution in [2.45, 2.75) is 52.5 Å². The summed E-state index contributed by atoms with van der Waals surface area (Å²) in [5.41, 5.74) is 0. The van der Waals surface area contributed by atoms with Gasteiger partial charge >= 0.3 is 5.97 Å². The van der Waals surface area contributed by atoms with E-state index in [0.717, 1.165) is 12.8 Å². The van der Waals surface area contributed by atoms with E-state index < -0.39 is 11.9 Å². The Kier molecular flexibility index (Phi) is 4.97. The lowest BCUT2D eigenvalue weighted by molar-refractivity contribution is -0.146. The maximum Gasteiger partial charge on any atom is 0.307 e. The van der Waals surface area contributed by atoms with Gasteiger partial charge in [0.25, 0.3) is 0 Å². The highest BCUT2D eigenvalue weighted by molar-refractivity contribution is 5.85. The Morgan fingerprint density at radius 2 is 1.88 bits per heavy atom. The highest BCUT2D eigenvalue weighted by Gasteiger charge is 2.38. The summed E-state index contributed by atoms with van der Waals surface area (Å²) >= 11 is 0. The molecule has 0 bridgehead atoms. The van der Waals surface area contributed by atoms with Crippen LogP contribution in [0.15, 0.2) is 0 Å². The topological polar surface area (TPSA) is 66.4 Å². The smallest absolute Gasteiger partial charge is 0.307 e. The van der Waals surface area contributed by atoms with Crippen molar-refractivity contribution in [1.82, 2.24) is 5.32 Å². The molecule has 98 valence electrons. The second-order valence-electron chi connectivity index (χ2n) is 5.16. The largest absolute Gasteiger partial charge is 0.481 e. The molecule has 1 aliphatic carbocycles. The molecule has 0 aliphatic heterocycles. The molecule has 0 radical (unpaired) electrons. The van der Waals surface area contributed by atoms with Crippen molar-refractivity contribution < 1.29 is 14.7 Å². The minimum Gasteiger partial charge on any atom is -0.481 e. The van der Waals surface area contributed by atoms with Gasteiger partial charge in [0.2, 0.25) is 5.91 Å². The lowest BCUT2D eigenvalue weighted by Crippen LogP contribution is -2.42. The van der Waals surface area contributed by atoms with Crippen molar-refractivity contribution in [3.63, 3.8) is 0 Å². The second-order valence-corrected chi connectivity index (χ2v) is 5.16. The fourth-order valence-corrected chi connectivity index (χ4v) is 2.40. The first-order valence-corrected chi connectivity index (χ1v) is 6.50. The Labute approximate surface area is 103 Å². The summed E-state index contributed by atoms with van der Waals surface area (Å²) in [4.78, 5) is 23.0. The van der Waals surface area contributed by atoms with Crippen molar-refractivity contribution >= 4 is 11.9 Å². The molecule has 1 aliphatic rings. The Balaban J connectivity index is 2.55. The molecule has 1 rings (SSSR count). The van der Waals surface area contributed by atoms with Crippen molar-refractivity contribution in [2.75, 3.05) is 0 Å². The zero-order chi connectivity index (χ0) is 13.0. The van der Waals surface area contributed by atoms with Gasteiger partial charge in [-0.15, -0.1) is 0 Å². The molecule has 0 aromatic heterocycles. The molecular formula is C13H23NO3. The van der Waals surface area contributed by atoms with Gasteiger partial charge in [0, 0.05) is 6.04 Å². The maximum atomic E-state index is 12.0. The molecule has 17 heavy (non-hydrogen) atoms. The lowest BCUT2D eigenvalue weighted by Gasteiger charge is -2.23. The third-order valence-corrected chi connectivity index (χ3v) is 4.04. The van der Waals surface area contributed by atoms with Gasteiger partial charge in [-0.05, 0) is 25.7 Å². The van der Waals surface area contributed by atoms with Gasteiger partial charge in [-0.2, -0.15) is 0 Å². The molecule has 4 heteroatoms. The van der Waals surface area contributed by atoms with Gasteiger partial charge in [-0.25, -0.2) is 0 Å². The molecule has 4 atom stereocenters. The van der Waals surface area contributed by atoms with Crippen LogP contribution in [0.4, 0.5) is 0 Å². The molecular weight excluding hydrogens is 218 g/mol. The Bertz CT molecular complexity index is 290. The summed E-state index contributed by atoms with van der Waals surface area (Å²) in [6.45, 7) is 6.16. The molecule has 0 heterocycles. The summed E-state index contributed by atoms with van der Waals surface area (Å²) in [7, 11) is 0. The fourth-order valence-electron chi connectivity index (χ4n) is 2.40. The van der Waals surface area contributed by atoms with Crippen LogP contribution in [0.5, 0.6) is 0 Å². The van der Waals surface area contributed by atoms with Crippen molar-refractivity contribution in [1.29, 1.82) is 0 Å². The van der Waals surface area contributed by atoms with E-state index in [1.165, 1.54) is 0 Å². The number of carboxylic acids is 1. The fraction of sp³-hybridized carbons (Fsp3) is 0.846. The van der Waals surface area contributed by atoms with E-state index in [1.807, 2.05) is 6.92 Å². The molecule has 1 saturated carbocycles. The average Bonchev–Trinajstić information content (AvgIpc) is 2.76. The van der Waals surface area contributed by atoms with Crippen LogP contribution in [0.1, 0.15) is 46.5 Å². The van der Waals surface area contributed by atoms with Gasteiger partial charge in [0.15, 0.2) is 0 Å². The second kappa shape index (κ2) is 6.03. The molecule has 0 saturated heterocycles. The molecule has 4 unspecified atom stereocenters. The Morgan fingerprint density at radius 3 is 2.41 bits per heavy atom. The minimum absolute atomic E-state index is 0.0808. The summed E-state index contributed by atoms with van der Waals surface area (Å²) in [5, 5.41) is 12.0. The Morgan fingerprint density at radius 1 is 1.29 bits per heavy atom. The molecule has 0 aromatic rings.